The summed E-state index contributed by atoms with van der Waals surface area (Å²) >= 11 is 0. The van der Waals surface area contributed by atoms with Crippen molar-refractivity contribution in [1.82, 2.24) is 9.80 Å². The second-order valence-corrected chi connectivity index (χ2v) is 6.10. The van der Waals surface area contributed by atoms with Crippen LogP contribution >= 0.6 is 24.8 Å². The smallest absolute Gasteiger partial charge is 0.328 e. The third-order valence-electron chi connectivity index (χ3n) is 4.64. The van der Waals surface area contributed by atoms with Gasteiger partial charge in [-0.3, -0.25) is 4.90 Å². The Balaban J connectivity index is 0.00000288. The van der Waals surface area contributed by atoms with Crippen molar-refractivity contribution in [3.8, 4) is 0 Å². The molecule has 0 N–H and O–H groups in total. The van der Waals surface area contributed by atoms with E-state index in [1.807, 2.05) is 30.3 Å². The number of halogens is 2. The largest absolute Gasteiger partial charge is 0.463 e. The van der Waals surface area contributed by atoms with Gasteiger partial charge in [-0.1, -0.05) is 50.6 Å². The number of piperidine rings is 1. The first kappa shape index (κ1) is 24.2. The molecule has 0 saturated carbocycles. The molecule has 0 amide bonds. The molecule has 1 fully saturated rings. The SMILES string of the molecule is CCN(CC)CCOC(=O)[C@@H](c1ccccc1)N1CCCCC1.Cl.Cl. The van der Waals surface area contributed by atoms with Crippen LogP contribution in [0.15, 0.2) is 30.3 Å². The lowest BCUT2D eigenvalue weighted by molar-refractivity contribution is -0.151. The van der Waals surface area contributed by atoms with E-state index >= 15 is 0 Å². The molecular formula is C19H32Cl2N2O2. The molecule has 1 aromatic rings. The number of hydrogen-bond donors (Lipinski definition) is 0. The van der Waals surface area contributed by atoms with E-state index < -0.39 is 0 Å². The van der Waals surface area contributed by atoms with Crippen molar-refractivity contribution in [2.45, 2.75) is 39.2 Å². The molecule has 1 aliphatic rings. The van der Waals surface area contributed by atoms with E-state index in [2.05, 4.69) is 23.6 Å². The van der Waals surface area contributed by atoms with Crippen molar-refractivity contribution in [2.24, 2.45) is 0 Å². The number of likely N-dealkylation sites (tertiary alicyclic amines) is 1. The van der Waals surface area contributed by atoms with E-state index in [0.29, 0.717) is 6.61 Å². The van der Waals surface area contributed by atoms with Gasteiger partial charge in [0.05, 0.1) is 0 Å². The van der Waals surface area contributed by atoms with Crippen LogP contribution in [0.4, 0.5) is 0 Å². The maximum absolute atomic E-state index is 12.7. The molecule has 1 atom stereocenters. The molecule has 1 heterocycles. The quantitative estimate of drug-likeness (QED) is 0.629. The standard InChI is InChI=1S/C19H30N2O2.2ClH/c1-3-20(4-2)15-16-23-19(22)18(17-11-7-5-8-12-17)21-13-9-6-10-14-21;;/h5,7-8,11-12,18H,3-4,6,9-10,13-16H2,1-2H3;2*1H/t18-;;/m1../s1. The van der Waals surface area contributed by atoms with Crippen LogP contribution in [-0.4, -0.2) is 55.1 Å². The van der Waals surface area contributed by atoms with Crippen LogP contribution in [0, 0.1) is 0 Å². The Morgan fingerprint density at radius 3 is 2.24 bits per heavy atom. The molecule has 2 rings (SSSR count). The summed E-state index contributed by atoms with van der Waals surface area (Å²) in [4.78, 5) is 17.3. The predicted molar refractivity (Wildman–Crippen MR) is 108 cm³/mol. The first-order valence-electron chi connectivity index (χ1n) is 8.94. The summed E-state index contributed by atoms with van der Waals surface area (Å²) in [5.74, 6) is -0.106. The van der Waals surface area contributed by atoms with Gasteiger partial charge in [0.1, 0.15) is 12.6 Å². The van der Waals surface area contributed by atoms with Gasteiger partial charge < -0.3 is 9.64 Å². The van der Waals surface area contributed by atoms with Crippen molar-refractivity contribution in [3.05, 3.63) is 35.9 Å². The number of nitrogens with zero attached hydrogens (tertiary/aromatic N) is 2. The molecule has 1 saturated heterocycles. The van der Waals surface area contributed by atoms with Gasteiger partial charge in [-0.2, -0.15) is 0 Å². The number of hydrogen-bond acceptors (Lipinski definition) is 4. The lowest BCUT2D eigenvalue weighted by atomic mass is 10.0. The van der Waals surface area contributed by atoms with E-state index in [4.69, 9.17) is 4.74 Å². The molecule has 0 aromatic heterocycles. The van der Waals surface area contributed by atoms with E-state index in [1.54, 1.807) is 0 Å². The summed E-state index contributed by atoms with van der Waals surface area (Å²) in [5, 5.41) is 0. The zero-order valence-corrected chi connectivity index (χ0v) is 17.0. The zero-order valence-electron chi connectivity index (χ0n) is 15.4. The Bertz CT molecular complexity index is 464. The van der Waals surface area contributed by atoms with Gasteiger partial charge in [-0.25, -0.2) is 4.79 Å². The van der Waals surface area contributed by atoms with E-state index in [-0.39, 0.29) is 36.8 Å². The number of rotatable bonds is 8. The van der Waals surface area contributed by atoms with E-state index in [9.17, 15) is 4.79 Å². The lowest BCUT2D eigenvalue weighted by Gasteiger charge is -2.33. The Hall–Kier alpha value is -0.810. The Kier molecular flexibility index (Phi) is 13.0. The second-order valence-electron chi connectivity index (χ2n) is 6.10. The highest BCUT2D eigenvalue weighted by atomic mass is 35.5. The van der Waals surface area contributed by atoms with Crippen LogP contribution in [0.25, 0.3) is 0 Å². The number of carbonyl (C=O) groups excluding carboxylic acids is 1. The highest BCUT2D eigenvalue weighted by Gasteiger charge is 2.29. The molecule has 0 spiro atoms. The number of carbonyl (C=O) groups is 1. The van der Waals surface area contributed by atoms with Crippen LogP contribution in [0.1, 0.15) is 44.7 Å². The van der Waals surface area contributed by atoms with Gasteiger partial charge in [-0.05, 0) is 44.6 Å². The lowest BCUT2D eigenvalue weighted by Crippen LogP contribution is -2.39. The third kappa shape index (κ3) is 7.53. The maximum Gasteiger partial charge on any atom is 0.328 e. The number of benzene rings is 1. The Morgan fingerprint density at radius 1 is 1.08 bits per heavy atom. The molecule has 0 bridgehead atoms. The Morgan fingerprint density at radius 2 is 1.68 bits per heavy atom. The third-order valence-corrected chi connectivity index (χ3v) is 4.64. The summed E-state index contributed by atoms with van der Waals surface area (Å²) in [7, 11) is 0. The monoisotopic (exact) mass is 390 g/mol. The van der Waals surface area contributed by atoms with Gasteiger partial charge >= 0.3 is 5.97 Å². The fourth-order valence-electron chi connectivity index (χ4n) is 3.20. The topological polar surface area (TPSA) is 32.8 Å². The van der Waals surface area contributed by atoms with Gasteiger partial charge in [0.15, 0.2) is 0 Å². The van der Waals surface area contributed by atoms with Gasteiger partial charge in [0, 0.05) is 6.54 Å². The number of ether oxygens (including phenoxy) is 1. The molecule has 25 heavy (non-hydrogen) atoms. The van der Waals surface area contributed by atoms with E-state index in [0.717, 1.165) is 51.1 Å². The molecular weight excluding hydrogens is 359 g/mol. The Labute approximate surface area is 164 Å². The van der Waals surface area contributed by atoms with Gasteiger partial charge in [0.2, 0.25) is 0 Å². The minimum absolute atomic E-state index is 0. The van der Waals surface area contributed by atoms with Crippen LogP contribution in [0.2, 0.25) is 0 Å². The predicted octanol–water partition coefficient (Wildman–Crippen LogP) is 3.94. The second kappa shape index (κ2) is 13.4. The average molecular weight is 391 g/mol. The summed E-state index contributed by atoms with van der Waals surface area (Å²) in [5.41, 5.74) is 1.04. The summed E-state index contributed by atoms with van der Waals surface area (Å²) in [6, 6.07) is 9.79. The van der Waals surface area contributed by atoms with Crippen molar-refractivity contribution in [1.29, 1.82) is 0 Å². The minimum Gasteiger partial charge on any atom is -0.463 e. The molecule has 1 aromatic carbocycles. The van der Waals surface area contributed by atoms with Crippen molar-refractivity contribution >= 4 is 30.8 Å². The van der Waals surface area contributed by atoms with Crippen molar-refractivity contribution < 1.29 is 9.53 Å². The zero-order chi connectivity index (χ0) is 16.5. The highest BCUT2D eigenvalue weighted by Crippen LogP contribution is 2.25. The fourth-order valence-corrected chi connectivity index (χ4v) is 3.20. The summed E-state index contributed by atoms with van der Waals surface area (Å²) < 4.78 is 5.62. The maximum atomic E-state index is 12.7. The normalized spacial score (nSPS) is 15.8. The average Bonchev–Trinajstić information content (AvgIpc) is 2.61. The minimum atomic E-state index is -0.256. The molecule has 1 aliphatic heterocycles. The first-order valence-corrected chi connectivity index (χ1v) is 8.94. The van der Waals surface area contributed by atoms with Crippen LogP contribution in [-0.2, 0) is 9.53 Å². The summed E-state index contributed by atoms with van der Waals surface area (Å²) in [6.45, 7) is 9.47. The molecule has 144 valence electrons. The summed E-state index contributed by atoms with van der Waals surface area (Å²) in [6.07, 6.45) is 3.58. The molecule has 0 aliphatic carbocycles. The number of likely N-dealkylation sites (N-methyl/N-ethyl adjacent to an activating group) is 1. The first-order chi connectivity index (χ1) is 11.3. The van der Waals surface area contributed by atoms with Crippen molar-refractivity contribution in [2.75, 3.05) is 39.3 Å². The van der Waals surface area contributed by atoms with Crippen LogP contribution in [0.3, 0.4) is 0 Å². The van der Waals surface area contributed by atoms with Gasteiger partial charge in [0.25, 0.3) is 0 Å². The molecule has 0 radical (unpaired) electrons. The fraction of sp³-hybridized carbons (Fsp3) is 0.632. The molecule has 0 unspecified atom stereocenters. The highest BCUT2D eigenvalue weighted by molar-refractivity contribution is 5.85. The number of esters is 1. The van der Waals surface area contributed by atoms with E-state index in [1.165, 1.54) is 6.42 Å². The molecule has 6 heteroatoms. The molecule has 4 nitrogen and oxygen atoms in total. The van der Waals surface area contributed by atoms with Crippen LogP contribution < -0.4 is 0 Å². The van der Waals surface area contributed by atoms with Crippen LogP contribution in [0.5, 0.6) is 0 Å². The van der Waals surface area contributed by atoms with Crippen molar-refractivity contribution in [3.63, 3.8) is 0 Å². The van der Waals surface area contributed by atoms with Gasteiger partial charge in [-0.15, -0.1) is 24.8 Å².